The third-order valence-corrected chi connectivity index (χ3v) is 3.66. The summed E-state index contributed by atoms with van der Waals surface area (Å²) in [5.74, 6) is 2.72. The van der Waals surface area contributed by atoms with Gasteiger partial charge in [-0.3, -0.25) is 4.99 Å². The van der Waals surface area contributed by atoms with E-state index in [0.29, 0.717) is 18.7 Å². The summed E-state index contributed by atoms with van der Waals surface area (Å²) >= 11 is 0. The molecular weight excluding hydrogens is 256 g/mol. The van der Waals surface area contributed by atoms with Crippen molar-refractivity contribution >= 4 is 5.96 Å². The molecule has 7 nitrogen and oxygen atoms in total. The Morgan fingerprint density at radius 3 is 2.85 bits per heavy atom. The van der Waals surface area contributed by atoms with Gasteiger partial charge in [0, 0.05) is 32.7 Å². The predicted octanol–water partition coefficient (Wildman–Crippen LogP) is 0.0667. The highest BCUT2D eigenvalue weighted by Gasteiger charge is 2.25. The second-order valence-corrected chi connectivity index (χ2v) is 5.43. The van der Waals surface area contributed by atoms with Crippen LogP contribution in [0.3, 0.4) is 0 Å². The number of nitrogens with zero attached hydrogens (tertiary/aromatic N) is 4. The molecule has 1 aliphatic heterocycles. The lowest BCUT2D eigenvalue weighted by atomic mass is 10.1. The Labute approximate surface area is 118 Å². The van der Waals surface area contributed by atoms with Gasteiger partial charge >= 0.3 is 0 Å². The van der Waals surface area contributed by atoms with Gasteiger partial charge in [0.05, 0.1) is 6.54 Å². The summed E-state index contributed by atoms with van der Waals surface area (Å²) in [7, 11) is 3.48. The molecule has 1 saturated carbocycles. The minimum atomic E-state index is 0.351. The van der Waals surface area contributed by atoms with Crippen LogP contribution in [-0.4, -0.2) is 47.0 Å². The van der Waals surface area contributed by atoms with Crippen molar-refractivity contribution in [2.45, 2.75) is 50.9 Å². The van der Waals surface area contributed by atoms with Crippen molar-refractivity contribution in [1.29, 1.82) is 0 Å². The molecule has 1 aliphatic carbocycles. The quantitative estimate of drug-likeness (QED) is 0.602. The van der Waals surface area contributed by atoms with Crippen molar-refractivity contribution in [3.63, 3.8) is 0 Å². The Morgan fingerprint density at radius 2 is 2.15 bits per heavy atom. The van der Waals surface area contributed by atoms with Crippen molar-refractivity contribution in [2.24, 2.45) is 4.99 Å². The highest BCUT2D eigenvalue weighted by atomic mass is 16.5. The Hall–Kier alpha value is -1.63. The fraction of sp³-hybridized carbons (Fsp3) is 0.769. The Morgan fingerprint density at radius 1 is 1.35 bits per heavy atom. The van der Waals surface area contributed by atoms with E-state index in [1.54, 1.807) is 7.11 Å². The summed E-state index contributed by atoms with van der Waals surface area (Å²) in [4.78, 5) is 8.77. The standard InChI is InChI=1S/C13H22N6O/c1-14-13(15-9-3-4-9)16-10-5-6-12-17-11(8-20-2)18-19(12)7-10/h9-10H,3-8H2,1-2H3,(H2,14,15,16). The van der Waals surface area contributed by atoms with E-state index in [2.05, 4.69) is 25.7 Å². The van der Waals surface area contributed by atoms with Gasteiger partial charge in [-0.05, 0) is 19.3 Å². The average molecular weight is 278 g/mol. The van der Waals surface area contributed by atoms with E-state index in [-0.39, 0.29) is 0 Å². The number of hydrogen-bond acceptors (Lipinski definition) is 4. The fourth-order valence-electron chi connectivity index (χ4n) is 2.45. The number of aliphatic imine (C=N–C) groups is 1. The van der Waals surface area contributed by atoms with Gasteiger partial charge in [0.1, 0.15) is 12.4 Å². The summed E-state index contributed by atoms with van der Waals surface area (Å²) in [5.41, 5.74) is 0. The summed E-state index contributed by atoms with van der Waals surface area (Å²) in [6, 6.07) is 0.963. The largest absolute Gasteiger partial charge is 0.377 e. The Kier molecular flexibility index (Phi) is 3.86. The second-order valence-electron chi connectivity index (χ2n) is 5.43. The zero-order valence-corrected chi connectivity index (χ0v) is 12.1. The van der Waals surface area contributed by atoms with Crippen LogP contribution < -0.4 is 10.6 Å². The smallest absolute Gasteiger partial charge is 0.191 e. The second kappa shape index (κ2) is 5.78. The third kappa shape index (κ3) is 3.09. The van der Waals surface area contributed by atoms with Crippen LogP contribution in [0.15, 0.2) is 4.99 Å². The SMILES string of the molecule is CN=C(NC1CC1)NC1CCc2nc(COC)nn2C1. The van der Waals surface area contributed by atoms with E-state index >= 15 is 0 Å². The molecule has 0 radical (unpaired) electrons. The molecule has 110 valence electrons. The zero-order chi connectivity index (χ0) is 13.9. The molecule has 1 fully saturated rings. The molecule has 20 heavy (non-hydrogen) atoms. The van der Waals surface area contributed by atoms with Gasteiger partial charge in [0.25, 0.3) is 0 Å². The number of methoxy groups -OCH3 is 1. The Bertz CT molecular complexity index is 493. The van der Waals surface area contributed by atoms with Crippen LogP contribution in [0.1, 0.15) is 30.9 Å². The number of rotatable bonds is 4. The lowest BCUT2D eigenvalue weighted by Crippen LogP contribution is -2.47. The molecular formula is C13H22N6O. The molecule has 2 aliphatic rings. The molecule has 2 heterocycles. The summed E-state index contributed by atoms with van der Waals surface area (Å²) in [6.07, 6.45) is 4.49. The minimum Gasteiger partial charge on any atom is -0.377 e. The third-order valence-electron chi connectivity index (χ3n) is 3.66. The van der Waals surface area contributed by atoms with Crippen LogP contribution in [0.25, 0.3) is 0 Å². The van der Waals surface area contributed by atoms with Gasteiger partial charge in [0.2, 0.25) is 0 Å². The first kappa shape index (κ1) is 13.4. The van der Waals surface area contributed by atoms with Gasteiger partial charge in [0.15, 0.2) is 11.8 Å². The van der Waals surface area contributed by atoms with E-state index in [9.17, 15) is 0 Å². The van der Waals surface area contributed by atoms with E-state index < -0.39 is 0 Å². The molecule has 0 saturated heterocycles. The molecule has 0 amide bonds. The van der Waals surface area contributed by atoms with Gasteiger partial charge in [-0.25, -0.2) is 9.67 Å². The first-order valence-corrected chi connectivity index (χ1v) is 7.20. The molecule has 1 atom stereocenters. The van der Waals surface area contributed by atoms with Crippen LogP contribution in [0.5, 0.6) is 0 Å². The molecule has 0 bridgehead atoms. The van der Waals surface area contributed by atoms with Crippen LogP contribution in [0, 0.1) is 0 Å². The van der Waals surface area contributed by atoms with Crippen molar-refractivity contribution in [3.8, 4) is 0 Å². The highest BCUT2D eigenvalue weighted by Crippen LogP contribution is 2.18. The topological polar surface area (TPSA) is 76.4 Å². The molecule has 0 spiro atoms. The molecule has 1 unspecified atom stereocenters. The molecule has 3 rings (SSSR count). The number of ether oxygens (including phenoxy) is 1. The maximum atomic E-state index is 5.08. The number of guanidine groups is 1. The molecule has 2 N–H and O–H groups in total. The lowest BCUT2D eigenvalue weighted by molar-refractivity contribution is 0.177. The first-order valence-electron chi connectivity index (χ1n) is 7.20. The minimum absolute atomic E-state index is 0.351. The van der Waals surface area contributed by atoms with E-state index in [1.807, 2.05) is 11.7 Å². The zero-order valence-electron chi connectivity index (χ0n) is 12.1. The number of nitrogens with one attached hydrogen (secondary N) is 2. The normalized spacial score (nSPS) is 22.5. The summed E-state index contributed by atoms with van der Waals surface area (Å²) in [6.45, 7) is 1.31. The average Bonchev–Trinajstić information content (AvgIpc) is 3.16. The van der Waals surface area contributed by atoms with Gasteiger partial charge in [-0.2, -0.15) is 5.10 Å². The number of aryl methyl sites for hydroxylation is 1. The lowest BCUT2D eigenvalue weighted by Gasteiger charge is -2.25. The summed E-state index contributed by atoms with van der Waals surface area (Å²) in [5, 5.41) is 11.4. The fourth-order valence-corrected chi connectivity index (χ4v) is 2.45. The molecule has 0 aromatic carbocycles. The maximum Gasteiger partial charge on any atom is 0.191 e. The van der Waals surface area contributed by atoms with Gasteiger partial charge in [-0.1, -0.05) is 0 Å². The van der Waals surface area contributed by atoms with Gasteiger partial charge in [-0.15, -0.1) is 0 Å². The van der Waals surface area contributed by atoms with Crippen molar-refractivity contribution in [1.82, 2.24) is 25.4 Å². The van der Waals surface area contributed by atoms with Crippen molar-refractivity contribution in [3.05, 3.63) is 11.6 Å². The van der Waals surface area contributed by atoms with Crippen LogP contribution in [0.4, 0.5) is 0 Å². The Balaban J connectivity index is 1.59. The number of aromatic nitrogens is 3. The molecule has 7 heteroatoms. The van der Waals surface area contributed by atoms with Crippen molar-refractivity contribution in [2.75, 3.05) is 14.2 Å². The van der Waals surface area contributed by atoms with Crippen LogP contribution >= 0.6 is 0 Å². The van der Waals surface area contributed by atoms with E-state index in [4.69, 9.17) is 4.74 Å². The van der Waals surface area contributed by atoms with Crippen LogP contribution in [-0.2, 0) is 24.3 Å². The van der Waals surface area contributed by atoms with Gasteiger partial charge < -0.3 is 15.4 Å². The first-order chi connectivity index (χ1) is 9.78. The van der Waals surface area contributed by atoms with Crippen molar-refractivity contribution < 1.29 is 4.74 Å². The predicted molar refractivity (Wildman–Crippen MR) is 75.5 cm³/mol. The van der Waals surface area contributed by atoms with E-state index in [1.165, 1.54) is 12.8 Å². The number of hydrogen-bond donors (Lipinski definition) is 2. The van der Waals surface area contributed by atoms with Crippen LogP contribution in [0.2, 0.25) is 0 Å². The maximum absolute atomic E-state index is 5.08. The molecule has 1 aromatic rings. The summed E-state index contributed by atoms with van der Waals surface area (Å²) < 4.78 is 7.07. The monoisotopic (exact) mass is 278 g/mol. The van der Waals surface area contributed by atoms with E-state index in [0.717, 1.165) is 37.0 Å². The number of fused-ring (bicyclic) bond motifs is 1. The molecule has 1 aromatic heterocycles. The highest BCUT2D eigenvalue weighted by molar-refractivity contribution is 5.80.